The molecule has 0 N–H and O–H groups in total. The molecule has 0 aromatic carbocycles. The van der Waals surface area contributed by atoms with Crippen molar-refractivity contribution in [3.63, 3.8) is 0 Å². The van der Waals surface area contributed by atoms with Crippen LogP contribution >= 0.6 is 0 Å². The molecule has 0 aromatic heterocycles. The summed E-state index contributed by atoms with van der Waals surface area (Å²) in [6, 6.07) is 0.560. The predicted molar refractivity (Wildman–Crippen MR) is 75.6 cm³/mol. The van der Waals surface area contributed by atoms with E-state index < -0.39 is 0 Å². The molecule has 0 saturated heterocycles. The van der Waals surface area contributed by atoms with Gasteiger partial charge < -0.3 is 4.90 Å². The van der Waals surface area contributed by atoms with Crippen LogP contribution in [0.3, 0.4) is 0 Å². The van der Waals surface area contributed by atoms with Gasteiger partial charge in [-0.3, -0.25) is 4.79 Å². The van der Waals surface area contributed by atoms with Crippen LogP contribution < -0.4 is 0 Å². The number of nitrogens with zero attached hydrogens (tertiary/aromatic N) is 1. The normalized spacial score (nSPS) is 44.8. The Kier molecular flexibility index (Phi) is 2.89. The molecule has 5 aliphatic rings. The number of hydrogen-bond donors (Lipinski definition) is 0. The summed E-state index contributed by atoms with van der Waals surface area (Å²) in [6.45, 7) is 0. The summed E-state index contributed by atoms with van der Waals surface area (Å²) in [7, 11) is 2.09. The van der Waals surface area contributed by atoms with Gasteiger partial charge in [-0.25, -0.2) is 0 Å². The zero-order chi connectivity index (χ0) is 13.0. The third-order valence-electron chi connectivity index (χ3n) is 6.73. The Bertz CT molecular complexity index is 343. The molecule has 5 aliphatic carbocycles. The van der Waals surface area contributed by atoms with Gasteiger partial charge in [0.25, 0.3) is 0 Å². The SMILES string of the molecule is CN(C(=O)C1C2CC3CC(C2)CC1C3)C1CCCC1. The van der Waals surface area contributed by atoms with Crippen molar-refractivity contribution in [2.45, 2.75) is 63.8 Å². The van der Waals surface area contributed by atoms with Crippen molar-refractivity contribution in [2.24, 2.45) is 29.6 Å². The molecule has 5 rings (SSSR count). The molecule has 5 fully saturated rings. The second kappa shape index (κ2) is 4.49. The molecule has 0 heterocycles. The van der Waals surface area contributed by atoms with Gasteiger partial charge in [-0.1, -0.05) is 12.8 Å². The van der Waals surface area contributed by atoms with E-state index in [2.05, 4.69) is 11.9 Å². The van der Waals surface area contributed by atoms with Gasteiger partial charge in [0.1, 0.15) is 0 Å². The summed E-state index contributed by atoms with van der Waals surface area (Å²) < 4.78 is 0. The zero-order valence-electron chi connectivity index (χ0n) is 12.2. The van der Waals surface area contributed by atoms with E-state index in [1.807, 2.05) is 0 Å². The standard InChI is InChI=1S/C17H27NO/c1-18(15-4-2-3-5-15)17(19)16-13-7-11-6-12(9-13)10-14(16)8-11/h11-16H,2-10H2,1H3. The first-order chi connectivity index (χ1) is 9.22. The van der Waals surface area contributed by atoms with E-state index >= 15 is 0 Å². The molecule has 0 atom stereocenters. The van der Waals surface area contributed by atoms with Crippen LogP contribution in [0.5, 0.6) is 0 Å². The molecule has 19 heavy (non-hydrogen) atoms. The number of carbonyl (C=O) groups excluding carboxylic acids is 1. The molecule has 0 unspecified atom stereocenters. The monoisotopic (exact) mass is 261 g/mol. The van der Waals surface area contributed by atoms with Crippen LogP contribution in [-0.2, 0) is 4.79 Å². The van der Waals surface area contributed by atoms with Crippen LogP contribution in [-0.4, -0.2) is 23.9 Å². The summed E-state index contributed by atoms with van der Waals surface area (Å²) in [5.74, 6) is 4.35. The molecule has 106 valence electrons. The quantitative estimate of drug-likeness (QED) is 0.745. The van der Waals surface area contributed by atoms with Crippen LogP contribution in [0.1, 0.15) is 57.8 Å². The highest BCUT2D eigenvalue weighted by Gasteiger charge is 2.51. The minimum atomic E-state index is 0.401. The second-order valence-electron chi connectivity index (χ2n) is 7.84. The van der Waals surface area contributed by atoms with Crippen LogP contribution in [0.25, 0.3) is 0 Å². The Morgan fingerprint density at radius 3 is 1.95 bits per heavy atom. The topological polar surface area (TPSA) is 20.3 Å². The minimum Gasteiger partial charge on any atom is -0.343 e. The van der Waals surface area contributed by atoms with E-state index in [1.165, 1.54) is 57.8 Å². The maximum Gasteiger partial charge on any atom is 0.226 e. The molecule has 0 aromatic rings. The van der Waals surface area contributed by atoms with Crippen LogP contribution in [0.4, 0.5) is 0 Å². The van der Waals surface area contributed by atoms with Gasteiger partial charge in [0.05, 0.1) is 0 Å². The maximum atomic E-state index is 12.9. The lowest BCUT2D eigenvalue weighted by Crippen LogP contribution is -2.52. The molecule has 0 aliphatic heterocycles. The first-order valence-corrected chi connectivity index (χ1v) is 8.49. The summed E-state index contributed by atoms with van der Waals surface area (Å²) in [5, 5.41) is 0. The van der Waals surface area contributed by atoms with E-state index in [0.717, 1.165) is 23.7 Å². The molecule has 0 radical (unpaired) electrons. The van der Waals surface area contributed by atoms with Crippen molar-refractivity contribution in [1.82, 2.24) is 4.90 Å². The van der Waals surface area contributed by atoms with Gasteiger partial charge in [0.2, 0.25) is 5.91 Å². The number of rotatable bonds is 2. The Labute approximate surface area is 116 Å². The van der Waals surface area contributed by atoms with Gasteiger partial charge in [0.15, 0.2) is 0 Å². The number of hydrogen-bond acceptors (Lipinski definition) is 1. The van der Waals surface area contributed by atoms with Crippen molar-refractivity contribution < 1.29 is 4.79 Å². The molecular weight excluding hydrogens is 234 g/mol. The lowest BCUT2D eigenvalue weighted by atomic mass is 9.51. The van der Waals surface area contributed by atoms with Crippen molar-refractivity contribution in [3.8, 4) is 0 Å². The van der Waals surface area contributed by atoms with E-state index in [9.17, 15) is 4.79 Å². The fourth-order valence-electron chi connectivity index (χ4n) is 6.04. The highest BCUT2D eigenvalue weighted by molar-refractivity contribution is 5.80. The van der Waals surface area contributed by atoms with Crippen molar-refractivity contribution in [3.05, 3.63) is 0 Å². The smallest absolute Gasteiger partial charge is 0.226 e. The Morgan fingerprint density at radius 2 is 1.42 bits per heavy atom. The second-order valence-corrected chi connectivity index (χ2v) is 7.84. The molecule has 1 amide bonds. The summed E-state index contributed by atoms with van der Waals surface area (Å²) >= 11 is 0. The Hall–Kier alpha value is -0.530. The predicted octanol–water partition coefficient (Wildman–Crippen LogP) is 3.46. The van der Waals surface area contributed by atoms with Crippen LogP contribution in [0.2, 0.25) is 0 Å². The fourth-order valence-corrected chi connectivity index (χ4v) is 6.04. The molecular formula is C17H27NO. The summed E-state index contributed by atoms with van der Waals surface area (Å²) in [5.41, 5.74) is 0. The highest BCUT2D eigenvalue weighted by Crippen LogP contribution is 2.57. The van der Waals surface area contributed by atoms with E-state index in [4.69, 9.17) is 0 Å². The average molecular weight is 261 g/mol. The molecule has 2 nitrogen and oxygen atoms in total. The summed E-state index contributed by atoms with van der Waals surface area (Å²) in [4.78, 5) is 15.1. The number of amides is 1. The maximum absolute atomic E-state index is 12.9. The lowest BCUT2D eigenvalue weighted by Gasteiger charge is -2.54. The lowest BCUT2D eigenvalue weighted by molar-refractivity contribution is -0.149. The first kappa shape index (κ1) is 12.2. The fraction of sp³-hybridized carbons (Fsp3) is 0.941. The van der Waals surface area contributed by atoms with Crippen LogP contribution in [0.15, 0.2) is 0 Å². The largest absolute Gasteiger partial charge is 0.343 e. The molecule has 0 spiro atoms. The Morgan fingerprint density at radius 1 is 0.895 bits per heavy atom. The van der Waals surface area contributed by atoms with Crippen molar-refractivity contribution in [2.75, 3.05) is 7.05 Å². The zero-order valence-corrected chi connectivity index (χ0v) is 12.2. The highest BCUT2D eigenvalue weighted by atomic mass is 16.2. The Balaban J connectivity index is 1.50. The van der Waals surface area contributed by atoms with E-state index in [-0.39, 0.29) is 0 Å². The molecule has 5 saturated carbocycles. The van der Waals surface area contributed by atoms with Gasteiger partial charge in [0, 0.05) is 19.0 Å². The van der Waals surface area contributed by atoms with E-state index in [1.54, 1.807) is 0 Å². The van der Waals surface area contributed by atoms with Crippen LogP contribution in [0, 0.1) is 29.6 Å². The van der Waals surface area contributed by atoms with Gasteiger partial charge in [-0.2, -0.15) is 0 Å². The number of carbonyl (C=O) groups is 1. The summed E-state index contributed by atoms with van der Waals surface area (Å²) in [6.07, 6.45) is 12.1. The molecule has 4 bridgehead atoms. The van der Waals surface area contributed by atoms with Gasteiger partial charge in [-0.05, 0) is 68.6 Å². The van der Waals surface area contributed by atoms with Gasteiger partial charge >= 0.3 is 0 Å². The van der Waals surface area contributed by atoms with E-state index in [0.29, 0.717) is 17.9 Å². The minimum absolute atomic E-state index is 0.401. The van der Waals surface area contributed by atoms with Gasteiger partial charge in [-0.15, -0.1) is 0 Å². The third-order valence-corrected chi connectivity index (χ3v) is 6.73. The van der Waals surface area contributed by atoms with Crippen molar-refractivity contribution in [1.29, 1.82) is 0 Å². The van der Waals surface area contributed by atoms with Crippen molar-refractivity contribution >= 4 is 5.91 Å². The third kappa shape index (κ3) is 1.94. The molecule has 2 heteroatoms. The average Bonchev–Trinajstić information content (AvgIpc) is 2.90. The first-order valence-electron chi connectivity index (χ1n) is 8.49.